The van der Waals surface area contributed by atoms with Crippen LogP contribution in [0.15, 0.2) is 24.3 Å². The minimum atomic E-state index is 0.0646. The van der Waals surface area contributed by atoms with Gasteiger partial charge >= 0.3 is 0 Å². The number of rotatable bonds is 6. The van der Waals surface area contributed by atoms with Crippen molar-refractivity contribution in [2.75, 3.05) is 32.1 Å². The first-order chi connectivity index (χ1) is 13.7. The van der Waals surface area contributed by atoms with E-state index in [1.54, 1.807) is 0 Å². The third-order valence-electron chi connectivity index (χ3n) is 5.16. The third-order valence-corrected chi connectivity index (χ3v) is 6.70. The summed E-state index contributed by atoms with van der Waals surface area (Å²) in [6.45, 7) is 9.61. The second-order valence-electron chi connectivity index (χ2n) is 7.94. The number of thiazole rings is 1. The fourth-order valence-corrected chi connectivity index (χ4v) is 4.93. The van der Waals surface area contributed by atoms with Gasteiger partial charge in [0.25, 0.3) is 0 Å². The number of hydrogen-bond donors (Lipinski definition) is 0. The van der Waals surface area contributed by atoms with Crippen LogP contribution in [0.5, 0.6) is 0 Å². The van der Waals surface area contributed by atoms with E-state index in [1.165, 1.54) is 16.9 Å². The van der Waals surface area contributed by atoms with E-state index in [1.807, 2.05) is 38.1 Å². The van der Waals surface area contributed by atoms with Gasteiger partial charge in [0.1, 0.15) is 0 Å². The summed E-state index contributed by atoms with van der Waals surface area (Å²) in [5, 5.41) is 1.39. The molecule has 3 rings (SSSR count). The zero-order valence-electron chi connectivity index (χ0n) is 18.0. The number of halogens is 1. The number of nitrogens with zero attached hydrogens (tertiary/aromatic N) is 3. The lowest BCUT2D eigenvalue weighted by atomic mass is 9.97. The van der Waals surface area contributed by atoms with Crippen molar-refractivity contribution in [1.29, 1.82) is 0 Å². The maximum Gasteiger partial charge on any atom is 0.233 e. The van der Waals surface area contributed by atoms with Gasteiger partial charge in [0.2, 0.25) is 5.91 Å². The molecule has 0 fully saturated rings. The van der Waals surface area contributed by atoms with E-state index < -0.39 is 0 Å². The van der Waals surface area contributed by atoms with Gasteiger partial charge in [0.05, 0.1) is 21.7 Å². The summed E-state index contributed by atoms with van der Waals surface area (Å²) in [5.41, 5.74) is 6.58. The standard InChI is InChI=1S/C23H28ClN3OS/c1-14-11-16(3)18(17(4)12-14)13-20(28)27(10-9-26(5)6)23-25-21-15(2)7-8-19(24)22(21)29-23/h7-8,11-12H,9-10,13H2,1-6H3. The van der Waals surface area contributed by atoms with Crippen molar-refractivity contribution in [2.45, 2.75) is 34.1 Å². The molecule has 29 heavy (non-hydrogen) atoms. The molecule has 6 heteroatoms. The summed E-state index contributed by atoms with van der Waals surface area (Å²) in [6, 6.07) is 8.15. The van der Waals surface area contributed by atoms with Crippen LogP contribution in [0.25, 0.3) is 10.2 Å². The van der Waals surface area contributed by atoms with Gasteiger partial charge in [-0.25, -0.2) is 4.98 Å². The Balaban J connectivity index is 1.98. The summed E-state index contributed by atoms with van der Waals surface area (Å²) >= 11 is 7.89. The topological polar surface area (TPSA) is 36.4 Å². The molecule has 3 aromatic rings. The molecule has 0 aliphatic heterocycles. The van der Waals surface area contributed by atoms with Crippen molar-refractivity contribution in [3.8, 4) is 0 Å². The van der Waals surface area contributed by atoms with E-state index in [-0.39, 0.29) is 5.91 Å². The minimum absolute atomic E-state index is 0.0646. The molecule has 0 aliphatic carbocycles. The van der Waals surface area contributed by atoms with E-state index in [0.29, 0.717) is 23.1 Å². The number of hydrogen-bond acceptors (Lipinski definition) is 4. The number of carbonyl (C=O) groups is 1. The summed E-state index contributed by atoms with van der Waals surface area (Å²) < 4.78 is 0.937. The van der Waals surface area contributed by atoms with Crippen molar-refractivity contribution in [1.82, 2.24) is 9.88 Å². The van der Waals surface area contributed by atoms with Crippen LogP contribution in [-0.2, 0) is 11.2 Å². The highest BCUT2D eigenvalue weighted by atomic mass is 35.5. The Morgan fingerprint density at radius 3 is 2.28 bits per heavy atom. The molecule has 2 aromatic carbocycles. The minimum Gasteiger partial charge on any atom is -0.308 e. The van der Waals surface area contributed by atoms with Gasteiger partial charge in [0.15, 0.2) is 5.13 Å². The van der Waals surface area contributed by atoms with Crippen LogP contribution < -0.4 is 4.90 Å². The Bertz CT molecular complexity index is 996. The van der Waals surface area contributed by atoms with Crippen LogP contribution >= 0.6 is 22.9 Å². The number of fused-ring (bicyclic) bond motifs is 1. The smallest absolute Gasteiger partial charge is 0.233 e. The average molecular weight is 430 g/mol. The van der Waals surface area contributed by atoms with Crippen molar-refractivity contribution in [3.63, 3.8) is 0 Å². The Kier molecular flexibility index (Phi) is 6.62. The molecule has 0 atom stereocenters. The Hall–Kier alpha value is -1.95. The molecule has 1 heterocycles. The van der Waals surface area contributed by atoms with E-state index >= 15 is 0 Å². The Morgan fingerprint density at radius 2 is 1.69 bits per heavy atom. The highest BCUT2D eigenvalue weighted by molar-refractivity contribution is 7.23. The monoisotopic (exact) mass is 429 g/mol. The van der Waals surface area contributed by atoms with Crippen LogP contribution in [-0.4, -0.2) is 43.0 Å². The third kappa shape index (κ3) is 4.80. The first-order valence-corrected chi connectivity index (χ1v) is 10.9. The molecule has 154 valence electrons. The molecule has 0 saturated carbocycles. The van der Waals surface area contributed by atoms with Crippen LogP contribution in [0.1, 0.15) is 27.8 Å². The van der Waals surface area contributed by atoms with Crippen LogP contribution in [0, 0.1) is 27.7 Å². The molecule has 0 spiro atoms. The molecule has 1 aromatic heterocycles. The molecule has 4 nitrogen and oxygen atoms in total. The fraction of sp³-hybridized carbons (Fsp3) is 0.391. The SMILES string of the molecule is Cc1cc(C)c(CC(=O)N(CCN(C)C)c2nc3c(C)ccc(Cl)c3s2)c(C)c1. The highest BCUT2D eigenvalue weighted by Crippen LogP contribution is 2.36. The van der Waals surface area contributed by atoms with Crippen molar-refractivity contribution < 1.29 is 4.79 Å². The van der Waals surface area contributed by atoms with Gasteiger partial charge in [0, 0.05) is 13.1 Å². The molecule has 0 aliphatic rings. The lowest BCUT2D eigenvalue weighted by Gasteiger charge is -2.23. The predicted octanol–water partition coefficient (Wildman–Crippen LogP) is 5.32. The van der Waals surface area contributed by atoms with Gasteiger partial charge < -0.3 is 4.90 Å². The van der Waals surface area contributed by atoms with E-state index in [9.17, 15) is 4.79 Å². The van der Waals surface area contributed by atoms with Crippen molar-refractivity contribution >= 4 is 44.2 Å². The second-order valence-corrected chi connectivity index (χ2v) is 9.33. The van der Waals surface area contributed by atoms with Gasteiger partial charge in [-0.15, -0.1) is 0 Å². The number of aromatic nitrogens is 1. The zero-order valence-corrected chi connectivity index (χ0v) is 19.5. The molecule has 1 amide bonds. The van der Waals surface area contributed by atoms with E-state index in [0.717, 1.165) is 39.0 Å². The Morgan fingerprint density at radius 1 is 1.03 bits per heavy atom. The first-order valence-electron chi connectivity index (χ1n) is 9.75. The number of aryl methyl sites for hydroxylation is 4. The number of likely N-dealkylation sites (N-methyl/N-ethyl adjacent to an activating group) is 1. The molecule has 0 N–H and O–H groups in total. The largest absolute Gasteiger partial charge is 0.308 e. The molecular formula is C23H28ClN3OS. The van der Waals surface area contributed by atoms with Crippen LogP contribution in [0.2, 0.25) is 5.02 Å². The first kappa shape index (κ1) is 21.8. The van der Waals surface area contributed by atoms with Gasteiger partial charge in [-0.1, -0.05) is 46.7 Å². The average Bonchev–Trinajstić information content (AvgIpc) is 3.07. The van der Waals surface area contributed by atoms with Gasteiger partial charge in [-0.3, -0.25) is 9.69 Å². The second kappa shape index (κ2) is 8.82. The number of carbonyl (C=O) groups excluding carboxylic acids is 1. The predicted molar refractivity (Wildman–Crippen MR) is 125 cm³/mol. The lowest BCUT2D eigenvalue weighted by molar-refractivity contribution is -0.118. The van der Waals surface area contributed by atoms with Crippen molar-refractivity contribution in [2.24, 2.45) is 0 Å². The molecule has 0 saturated heterocycles. The summed E-state index contributed by atoms with van der Waals surface area (Å²) in [5.74, 6) is 0.0646. The number of benzene rings is 2. The van der Waals surface area contributed by atoms with Crippen LogP contribution in [0.4, 0.5) is 5.13 Å². The van der Waals surface area contributed by atoms with E-state index in [2.05, 4.69) is 37.8 Å². The lowest BCUT2D eigenvalue weighted by Crippen LogP contribution is -2.37. The zero-order chi connectivity index (χ0) is 21.3. The highest BCUT2D eigenvalue weighted by Gasteiger charge is 2.22. The quantitative estimate of drug-likeness (QED) is 0.532. The number of amides is 1. The summed E-state index contributed by atoms with van der Waals surface area (Å²) in [4.78, 5) is 22.1. The molecule has 0 radical (unpaired) electrons. The van der Waals surface area contributed by atoms with Crippen LogP contribution in [0.3, 0.4) is 0 Å². The summed E-state index contributed by atoms with van der Waals surface area (Å²) in [7, 11) is 4.02. The normalized spacial score (nSPS) is 11.4. The number of anilines is 1. The maximum absolute atomic E-state index is 13.4. The summed E-state index contributed by atoms with van der Waals surface area (Å²) in [6.07, 6.45) is 0.369. The van der Waals surface area contributed by atoms with Gasteiger partial charge in [-0.05, 0) is 70.1 Å². The Labute approximate surface area is 182 Å². The fourth-order valence-electron chi connectivity index (χ4n) is 3.57. The van der Waals surface area contributed by atoms with E-state index in [4.69, 9.17) is 16.6 Å². The maximum atomic E-state index is 13.4. The molecule has 0 unspecified atom stereocenters. The van der Waals surface area contributed by atoms with Gasteiger partial charge in [-0.2, -0.15) is 0 Å². The van der Waals surface area contributed by atoms with Crippen molar-refractivity contribution in [3.05, 3.63) is 57.1 Å². The molecule has 0 bridgehead atoms. The molecular weight excluding hydrogens is 402 g/mol.